The minimum absolute atomic E-state index is 0.0316. The van der Waals surface area contributed by atoms with Gasteiger partial charge in [0.15, 0.2) is 0 Å². The van der Waals surface area contributed by atoms with Gasteiger partial charge in [0.05, 0.1) is 30.3 Å². The van der Waals surface area contributed by atoms with Crippen molar-refractivity contribution >= 4 is 28.7 Å². The molecule has 168 valence electrons. The van der Waals surface area contributed by atoms with Crippen molar-refractivity contribution in [1.82, 2.24) is 9.88 Å². The van der Waals surface area contributed by atoms with Crippen molar-refractivity contribution < 1.29 is 23.9 Å². The first-order valence-electron chi connectivity index (χ1n) is 10.7. The Bertz CT molecular complexity index is 1410. The van der Waals surface area contributed by atoms with Crippen LogP contribution >= 0.6 is 0 Å². The summed E-state index contributed by atoms with van der Waals surface area (Å²) in [7, 11) is 1.46. The van der Waals surface area contributed by atoms with Gasteiger partial charge in [0.1, 0.15) is 17.9 Å². The van der Waals surface area contributed by atoms with Gasteiger partial charge in [-0.15, -0.1) is 0 Å². The Morgan fingerprint density at radius 3 is 2.38 bits per heavy atom. The number of fused-ring (bicyclic) bond motifs is 2. The van der Waals surface area contributed by atoms with Crippen LogP contribution in [0.3, 0.4) is 0 Å². The van der Waals surface area contributed by atoms with Crippen LogP contribution < -0.4 is 4.74 Å². The number of benzene rings is 3. The lowest BCUT2D eigenvalue weighted by Crippen LogP contribution is -2.29. The number of amides is 2. The summed E-state index contributed by atoms with van der Waals surface area (Å²) in [6.07, 6.45) is 1.69. The van der Waals surface area contributed by atoms with Crippen molar-refractivity contribution in [2.75, 3.05) is 7.11 Å². The van der Waals surface area contributed by atoms with E-state index in [4.69, 9.17) is 9.47 Å². The minimum atomic E-state index is -0.575. The average molecular weight is 452 g/mol. The molecule has 0 bridgehead atoms. The first-order valence-corrected chi connectivity index (χ1v) is 10.7. The molecule has 0 spiro atoms. The molecule has 7 nitrogen and oxygen atoms in total. The third kappa shape index (κ3) is 3.77. The normalized spacial score (nSPS) is 12.7. The molecule has 0 aliphatic carbocycles. The Labute approximate surface area is 195 Å². The molecule has 5 rings (SSSR count). The molecule has 34 heavy (non-hydrogen) atoms. The zero-order chi connectivity index (χ0) is 23.7. The molecule has 1 aliphatic rings. The van der Waals surface area contributed by atoms with Crippen LogP contribution in [-0.4, -0.2) is 34.8 Å². The molecule has 1 aliphatic heterocycles. The topological polar surface area (TPSA) is 85.8 Å². The van der Waals surface area contributed by atoms with Crippen LogP contribution in [0.15, 0.2) is 79.0 Å². The second-order valence-corrected chi connectivity index (χ2v) is 7.85. The highest BCUT2D eigenvalue weighted by Gasteiger charge is 2.35. The number of carbonyl (C=O) groups excluding carboxylic acids is 3. The Kier molecular flexibility index (Phi) is 5.51. The van der Waals surface area contributed by atoms with Gasteiger partial charge in [0.25, 0.3) is 11.8 Å². The maximum Gasteiger partial charge on any atom is 0.342 e. The van der Waals surface area contributed by atoms with Gasteiger partial charge in [-0.25, -0.2) is 4.79 Å². The van der Waals surface area contributed by atoms with Gasteiger partial charge in [-0.2, -0.15) is 0 Å². The van der Waals surface area contributed by atoms with E-state index in [-0.39, 0.29) is 30.5 Å². The van der Waals surface area contributed by atoms with Crippen LogP contribution in [0.25, 0.3) is 10.9 Å². The van der Waals surface area contributed by atoms with Gasteiger partial charge in [0, 0.05) is 17.1 Å². The van der Waals surface area contributed by atoms with Crippen LogP contribution in [0, 0.1) is 0 Å². The van der Waals surface area contributed by atoms with E-state index >= 15 is 0 Å². The molecule has 3 aromatic carbocycles. The largest absolute Gasteiger partial charge is 0.496 e. The summed E-state index contributed by atoms with van der Waals surface area (Å²) >= 11 is 0. The molecule has 0 unspecified atom stereocenters. The van der Waals surface area contributed by atoms with Crippen LogP contribution in [-0.2, 0) is 17.9 Å². The highest BCUT2D eigenvalue weighted by molar-refractivity contribution is 6.21. The van der Waals surface area contributed by atoms with Crippen molar-refractivity contribution in [3.05, 3.63) is 107 Å². The van der Waals surface area contributed by atoms with Crippen LogP contribution in [0.2, 0.25) is 0 Å². The third-order valence-electron chi connectivity index (χ3n) is 5.78. The van der Waals surface area contributed by atoms with Gasteiger partial charge in [-0.05, 0) is 35.9 Å². The number of rotatable bonds is 6. The fraction of sp³-hybridized carbons (Fsp3) is 0.111. The summed E-state index contributed by atoms with van der Waals surface area (Å²) in [4.78, 5) is 43.9. The van der Waals surface area contributed by atoms with Crippen molar-refractivity contribution in [2.45, 2.75) is 13.2 Å². The van der Waals surface area contributed by atoms with Crippen LogP contribution in [0.5, 0.6) is 5.75 Å². The van der Waals surface area contributed by atoms with Crippen molar-refractivity contribution in [3.63, 3.8) is 0 Å². The molecule has 0 radical (unpaired) electrons. The molecular formula is C27H20N2O5. The number of imide groups is 1. The fourth-order valence-electron chi connectivity index (χ4n) is 4.08. The van der Waals surface area contributed by atoms with E-state index in [1.165, 1.54) is 12.0 Å². The van der Waals surface area contributed by atoms with Gasteiger partial charge in [-0.1, -0.05) is 42.5 Å². The number of nitrogens with zero attached hydrogens (tertiary/aromatic N) is 2. The van der Waals surface area contributed by atoms with E-state index < -0.39 is 5.97 Å². The Hall–Kier alpha value is -4.52. The van der Waals surface area contributed by atoms with E-state index in [0.29, 0.717) is 22.4 Å². The van der Waals surface area contributed by atoms with E-state index in [1.807, 2.05) is 30.3 Å². The summed E-state index contributed by atoms with van der Waals surface area (Å²) in [5, 5.41) is 0.955. The Morgan fingerprint density at radius 1 is 0.912 bits per heavy atom. The SMILES string of the molecule is COc1ccc(CN2C(=O)c3ccccc3C2=O)cc1C(=O)OCc1cccc2cccnc12. The van der Waals surface area contributed by atoms with Crippen molar-refractivity contribution in [2.24, 2.45) is 0 Å². The van der Waals surface area contributed by atoms with E-state index in [1.54, 1.807) is 48.7 Å². The summed E-state index contributed by atoms with van der Waals surface area (Å²) in [6, 6.07) is 21.1. The number of para-hydroxylation sites is 1. The Morgan fingerprint density at radius 2 is 1.65 bits per heavy atom. The monoisotopic (exact) mass is 452 g/mol. The smallest absolute Gasteiger partial charge is 0.342 e. The maximum atomic E-state index is 13.0. The number of hydrogen-bond acceptors (Lipinski definition) is 6. The lowest BCUT2D eigenvalue weighted by atomic mass is 10.1. The fourth-order valence-corrected chi connectivity index (χ4v) is 4.08. The number of methoxy groups -OCH3 is 1. The Balaban J connectivity index is 1.36. The molecule has 1 aromatic heterocycles. The van der Waals surface area contributed by atoms with Crippen LogP contribution in [0.4, 0.5) is 0 Å². The first kappa shape index (κ1) is 21.3. The number of hydrogen-bond donors (Lipinski definition) is 0. The van der Waals surface area contributed by atoms with E-state index in [2.05, 4.69) is 4.98 Å². The summed E-state index contributed by atoms with van der Waals surface area (Å²) in [5.74, 6) is -0.950. The number of carbonyl (C=O) groups is 3. The quantitative estimate of drug-likeness (QED) is 0.319. The molecule has 0 fully saturated rings. The lowest BCUT2D eigenvalue weighted by molar-refractivity contribution is 0.0470. The minimum Gasteiger partial charge on any atom is -0.496 e. The third-order valence-corrected chi connectivity index (χ3v) is 5.78. The molecule has 2 heterocycles. The highest BCUT2D eigenvalue weighted by atomic mass is 16.5. The summed E-state index contributed by atoms with van der Waals surface area (Å²) in [6.45, 7) is 0.0723. The predicted molar refractivity (Wildman–Crippen MR) is 125 cm³/mol. The van der Waals surface area contributed by atoms with Crippen molar-refractivity contribution in [3.8, 4) is 5.75 Å². The number of pyridine rings is 1. The van der Waals surface area contributed by atoms with Gasteiger partial charge >= 0.3 is 5.97 Å². The molecule has 7 heteroatoms. The van der Waals surface area contributed by atoms with Crippen molar-refractivity contribution in [1.29, 1.82) is 0 Å². The molecule has 0 saturated heterocycles. The van der Waals surface area contributed by atoms with E-state index in [0.717, 1.165) is 16.5 Å². The summed E-state index contributed by atoms with van der Waals surface area (Å²) < 4.78 is 10.9. The predicted octanol–water partition coefficient (Wildman–Crippen LogP) is 4.40. The number of ether oxygens (including phenoxy) is 2. The van der Waals surface area contributed by atoms with Gasteiger partial charge in [-0.3, -0.25) is 19.5 Å². The maximum absolute atomic E-state index is 13.0. The first-order chi connectivity index (χ1) is 16.6. The van der Waals surface area contributed by atoms with E-state index in [9.17, 15) is 14.4 Å². The molecule has 0 N–H and O–H groups in total. The molecule has 4 aromatic rings. The second-order valence-electron chi connectivity index (χ2n) is 7.85. The molecule has 2 amide bonds. The average Bonchev–Trinajstić information content (AvgIpc) is 3.12. The molecule has 0 saturated carbocycles. The summed E-state index contributed by atoms with van der Waals surface area (Å²) in [5.41, 5.74) is 3.13. The highest BCUT2D eigenvalue weighted by Crippen LogP contribution is 2.27. The number of esters is 1. The van der Waals surface area contributed by atoms with Gasteiger partial charge < -0.3 is 9.47 Å². The molecular weight excluding hydrogens is 432 g/mol. The molecule has 0 atom stereocenters. The van der Waals surface area contributed by atoms with Gasteiger partial charge in [0.2, 0.25) is 0 Å². The second kappa shape index (κ2) is 8.78. The number of aromatic nitrogens is 1. The zero-order valence-electron chi connectivity index (χ0n) is 18.4. The zero-order valence-corrected chi connectivity index (χ0v) is 18.4. The standard InChI is InChI=1S/C27H20N2O5/c1-33-23-12-11-17(15-29-25(30)20-9-2-3-10-21(20)26(29)31)14-22(23)27(32)34-16-19-7-4-6-18-8-5-13-28-24(18)19/h2-14H,15-16H2,1H3. The van der Waals surface area contributed by atoms with Crippen LogP contribution in [0.1, 0.15) is 42.2 Å². The lowest BCUT2D eigenvalue weighted by Gasteiger charge is -2.16.